The van der Waals surface area contributed by atoms with Gasteiger partial charge in [0.25, 0.3) is 5.69 Å². The van der Waals surface area contributed by atoms with Gasteiger partial charge < -0.3 is 5.32 Å². The first-order valence-electron chi connectivity index (χ1n) is 5.38. The van der Waals surface area contributed by atoms with Crippen molar-refractivity contribution in [3.05, 3.63) is 54.4 Å². The van der Waals surface area contributed by atoms with Crippen LogP contribution in [0.1, 0.15) is 10.4 Å². The molecule has 0 atom stereocenters. The van der Waals surface area contributed by atoms with E-state index in [9.17, 15) is 14.5 Å². The van der Waals surface area contributed by atoms with Gasteiger partial charge in [0.1, 0.15) is 11.5 Å². The molecule has 1 heterocycles. The van der Waals surface area contributed by atoms with Crippen molar-refractivity contribution in [2.45, 2.75) is 13.5 Å². The van der Waals surface area contributed by atoms with Crippen molar-refractivity contribution < 1.29 is 9.31 Å². The molecule has 7 heteroatoms. The van der Waals surface area contributed by atoms with Crippen LogP contribution >= 0.6 is 27.3 Å². The van der Waals surface area contributed by atoms with E-state index in [2.05, 4.69) is 21.2 Å². The third-order valence-corrected chi connectivity index (χ3v) is 4.25. The zero-order valence-corrected chi connectivity index (χ0v) is 12.3. The van der Waals surface area contributed by atoms with Gasteiger partial charge in [-0.15, -0.1) is 11.3 Å². The summed E-state index contributed by atoms with van der Waals surface area (Å²) in [6, 6.07) is 4.33. The van der Waals surface area contributed by atoms with Crippen molar-refractivity contribution in [2.24, 2.45) is 0 Å². The van der Waals surface area contributed by atoms with Crippen LogP contribution in [0.3, 0.4) is 0 Å². The lowest BCUT2D eigenvalue weighted by Crippen LogP contribution is -2.03. The van der Waals surface area contributed by atoms with Crippen LogP contribution in [0.25, 0.3) is 0 Å². The molecule has 0 spiro atoms. The average Bonchev–Trinajstić information content (AvgIpc) is 2.76. The number of benzene rings is 1. The standard InChI is InChI=1S/C12H10BrFN2O2S/c1-7-2-11(12(16(17)18)4-10(7)14)15-5-9-3-8(13)6-19-9/h2-4,6,15H,5H2,1H3. The molecule has 0 aliphatic carbocycles. The molecule has 0 unspecified atom stereocenters. The Hall–Kier alpha value is -1.47. The highest BCUT2D eigenvalue weighted by atomic mass is 79.9. The number of nitrogens with zero attached hydrogens (tertiary/aromatic N) is 1. The molecule has 1 aromatic heterocycles. The molecular weight excluding hydrogens is 335 g/mol. The Morgan fingerprint density at radius 3 is 2.79 bits per heavy atom. The zero-order chi connectivity index (χ0) is 14.0. The molecule has 0 bridgehead atoms. The number of rotatable bonds is 4. The Balaban J connectivity index is 2.23. The van der Waals surface area contributed by atoms with Gasteiger partial charge in [-0.2, -0.15) is 0 Å². The van der Waals surface area contributed by atoms with Crippen LogP contribution < -0.4 is 5.32 Å². The quantitative estimate of drug-likeness (QED) is 0.657. The van der Waals surface area contributed by atoms with Crippen LogP contribution in [-0.4, -0.2) is 4.92 Å². The fraction of sp³-hybridized carbons (Fsp3) is 0.167. The second-order valence-corrected chi connectivity index (χ2v) is 5.87. The number of hydrogen-bond donors (Lipinski definition) is 1. The first-order chi connectivity index (χ1) is 8.97. The van der Waals surface area contributed by atoms with Gasteiger partial charge in [-0.3, -0.25) is 10.1 Å². The topological polar surface area (TPSA) is 55.2 Å². The number of hydrogen-bond acceptors (Lipinski definition) is 4. The molecule has 0 aliphatic rings. The van der Waals surface area contributed by atoms with E-state index >= 15 is 0 Å². The summed E-state index contributed by atoms with van der Waals surface area (Å²) in [7, 11) is 0. The number of aryl methyl sites for hydroxylation is 1. The highest BCUT2D eigenvalue weighted by molar-refractivity contribution is 9.10. The van der Waals surface area contributed by atoms with E-state index in [-0.39, 0.29) is 5.69 Å². The molecule has 4 nitrogen and oxygen atoms in total. The predicted molar refractivity (Wildman–Crippen MR) is 77.1 cm³/mol. The summed E-state index contributed by atoms with van der Waals surface area (Å²) in [5.74, 6) is -0.573. The average molecular weight is 345 g/mol. The summed E-state index contributed by atoms with van der Waals surface area (Å²) in [6.45, 7) is 2.04. The maximum Gasteiger partial charge on any atom is 0.295 e. The Bertz CT molecular complexity index is 630. The van der Waals surface area contributed by atoms with Crippen molar-refractivity contribution in [3.8, 4) is 0 Å². The molecule has 0 aliphatic heterocycles. The summed E-state index contributed by atoms with van der Waals surface area (Å²) in [5.41, 5.74) is 0.451. The van der Waals surface area contributed by atoms with Crippen LogP contribution in [0.4, 0.5) is 15.8 Å². The minimum atomic E-state index is -0.588. The Labute approximate surface area is 121 Å². The van der Waals surface area contributed by atoms with Crippen molar-refractivity contribution in [3.63, 3.8) is 0 Å². The van der Waals surface area contributed by atoms with E-state index < -0.39 is 10.7 Å². The largest absolute Gasteiger partial charge is 0.375 e. The number of nitrogens with one attached hydrogen (secondary N) is 1. The van der Waals surface area contributed by atoms with Gasteiger partial charge in [0, 0.05) is 21.3 Å². The molecule has 0 saturated heterocycles. The normalized spacial score (nSPS) is 10.5. The molecular formula is C12H10BrFN2O2S. The number of anilines is 1. The van der Waals surface area contributed by atoms with Crippen molar-refractivity contribution in [2.75, 3.05) is 5.32 Å². The molecule has 1 aromatic carbocycles. The van der Waals surface area contributed by atoms with E-state index in [1.54, 1.807) is 6.92 Å². The maximum absolute atomic E-state index is 13.3. The zero-order valence-electron chi connectivity index (χ0n) is 9.94. The first kappa shape index (κ1) is 14.0. The van der Waals surface area contributed by atoms with E-state index in [0.29, 0.717) is 17.8 Å². The number of halogens is 2. The fourth-order valence-corrected chi connectivity index (χ4v) is 2.98. The Morgan fingerprint density at radius 2 is 2.21 bits per heavy atom. The second kappa shape index (κ2) is 5.66. The number of nitro benzene ring substituents is 1. The number of thiophene rings is 1. The Kier molecular flexibility index (Phi) is 4.16. The van der Waals surface area contributed by atoms with Gasteiger partial charge in [0.05, 0.1) is 11.0 Å². The Morgan fingerprint density at radius 1 is 1.47 bits per heavy atom. The summed E-state index contributed by atoms with van der Waals surface area (Å²) >= 11 is 4.88. The minimum Gasteiger partial charge on any atom is -0.375 e. The molecule has 0 amide bonds. The number of nitro groups is 1. The van der Waals surface area contributed by atoms with Gasteiger partial charge in [-0.1, -0.05) is 0 Å². The van der Waals surface area contributed by atoms with E-state index in [4.69, 9.17) is 0 Å². The lowest BCUT2D eigenvalue weighted by atomic mass is 10.2. The summed E-state index contributed by atoms with van der Waals surface area (Å²) < 4.78 is 14.3. The molecule has 1 N–H and O–H groups in total. The van der Waals surface area contributed by atoms with Crippen molar-refractivity contribution >= 4 is 38.6 Å². The van der Waals surface area contributed by atoms with E-state index in [0.717, 1.165) is 15.4 Å². The van der Waals surface area contributed by atoms with Crippen LogP contribution in [0.5, 0.6) is 0 Å². The molecule has 19 heavy (non-hydrogen) atoms. The predicted octanol–water partition coefficient (Wildman–Crippen LogP) is 4.48. The van der Waals surface area contributed by atoms with Crippen LogP contribution in [0.2, 0.25) is 0 Å². The minimum absolute atomic E-state index is 0.251. The SMILES string of the molecule is Cc1cc(NCc2cc(Br)cs2)c([N+](=O)[O-])cc1F. The molecule has 0 saturated carbocycles. The molecule has 2 rings (SSSR count). The van der Waals surface area contributed by atoms with E-state index in [1.807, 2.05) is 11.4 Å². The lowest BCUT2D eigenvalue weighted by molar-refractivity contribution is -0.384. The highest BCUT2D eigenvalue weighted by Crippen LogP contribution is 2.29. The van der Waals surface area contributed by atoms with Gasteiger partial charge in [0.2, 0.25) is 0 Å². The van der Waals surface area contributed by atoms with Crippen LogP contribution in [0.15, 0.2) is 28.1 Å². The van der Waals surface area contributed by atoms with Crippen molar-refractivity contribution in [1.82, 2.24) is 0 Å². The maximum atomic E-state index is 13.3. The fourth-order valence-electron chi connectivity index (χ4n) is 1.59. The first-order valence-corrected chi connectivity index (χ1v) is 7.06. The lowest BCUT2D eigenvalue weighted by Gasteiger charge is -2.07. The van der Waals surface area contributed by atoms with Crippen LogP contribution in [0, 0.1) is 22.9 Å². The monoisotopic (exact) mass is 344 g/mol. The molecule has 0 radical (unpaired) electrons. The second-order valence-electron chi connectivity index (χ2n) is 3.96. The van der Waals surface area contributed by atoms with Crippen LogP contribution in [-0.2, 0) is 6.54 Å². The van der Waals surface area contributed by atoms with Gasteiger partial charge >= 0.3 is 0 Å². The highest BCUT2D eigenvalue weighted by Gasteiger charge is 2.16. The van der Waals surface area contributed by atoms with Gasteiger partial charge in [-0.05, 0) is 40.5 Å². The molecule has 100 valence electrons. The molecule has 0 fully saturated rings. The summed E-state index contributed by atoms with van der Waals surface area (Å²) in [6.07, 6.45) is 0. The van der Waals surface area contributed by atoms with Crippen molar-refractivity contribution in [1.29, 1.82) is 0 Å². The third-order valence-electron chi connectivity index (χ3n) is 2.55. The smallest absolute Gasteiger partial charge is 0.295 e. The molecule has 2 aromatic rings. The third kappa shape index (κ3) is 3.30. The van der Waals surface area contributed by atoms with E-state index in [1.165, 1.54) is 17.4 Å². The van der Waals surface area contributed by atoms with Gasteiger partial charge in [-0.25, -0.2) is 4.39 Å². The van der Waals surface area contributed by atoms with Gasteiger partial charge in [0.15, 0.2) is 0 Å². The summed E-state index contributed by atoms with van der Waals surface area (Å²) in [5, 5.41) is 15.8. The summed E-state index contributed by atoms with van der Waals surface area (Å²) in [4.78, 5) is 11.3.